The van der Waals surface area contributed by atoms with Gasteiger partial charge in [0.2, 0.25) is 0 Å². The molecule has 2 aromatic carbocycles. The van der Waals surface area contributed by atoms with Crippen molar-refractivity contribution in [3.8, 4) is 5.75 Å². The summed E-state index contributed by atoms with van der Waals surface area (Å²) in [5, 5.41) is 1.07. The zero-order chi connectivity index (χ0) is 20.4. The van der Waals surface area contributed by atoms with Crippen LogP contribution in [-0.2, 0) is 0 Å². The minimum Gasteiger partial charge on any atom is -0.483 e. The first-order chi connectivity index (χ1) is 14.1. The van der Waals surface area contributed by atoms with E-state index in [0.29, 0.717) is 16.7 Å². The van der Waals surface area contributed by atoms with E-state index >= 15 is 0 Å². The number of ether oxygens (including phenoxy) is 1. The minimum atomic E-state index is -0.627. The van der Waals surface area contributed by atoms with Gasteiger partial charge >= 0.3 is 0 Å². The van der Waals surface area contributed by atoms with Gasteiger partial charge in [-0.1, -0.05) is 50.1 Å². The SMILES string of the molecule is C/C=C/COc1c(F)cc2cc([C@@H]3CC[C@@H]4CC(CC)CCC4C3)ccc2c1F. The zero-order valence-electron chi connectivity index (χ0n) is 17.6. The molecule has 0 radical (unpaired) electrons. The van der Waals surface area contributed by atoms with Crippen LogP contribution < -0.4 is 4.74 Å². The van der Waals surface area contributed by atoms with Crippen molar-refractivity contribution in [3.05, 3.63) is 53.6 Å². The highest BCUT2D eigenvalue weighted by Gasteiger charge is 2.35. The largest absolute Gasteiger partial charge is 0.483 e. The Balaban J connectivity index is 1.54. The van der Waals surface area contributed by atoms with Crippen LogP contribution in [-0.4, -0.2) is 6.61 Å². The summed E-state index contributed by atoms with van der Waals surface area (Å²) in [5.74, 6) is 1.63. The van der Waals surface area contributed by atoms with Crippen molar-refractivity contribution >= 4 is 10.8 Å². The normalized spacial score (nSPS) is 27.3. The van der Waals surface area contributed by atoms with Crippen LogP contribution in [0.3, 0.4) is 0 Å². The molecular weight excluding hydrogens is 366 g/mol. The molecule has 2 saturated carbocycles. The van der Waals surface area contributed by atoms with Crippen molar-refractivity contribution < 1.29 is 13.5 Å². The summed E-state index contributed by atoms with van der Waals surface area (Å²) >= 11 is 0. The lowest BCUT2D eigenvalue weighted by molar-refractivity contribution is 0.116. The van der Waals surface area contributed by atoms with E-state index in [9.17, 15) is 8.78 Å². The molecule has 0 saturated heterocycles. The Bertz CT molecular complexity index is 888. The molecule has 0 spiro atoms. The van der Waals surface area contributed by atoms with E-state index in [1.54, 1.807) is 12.2 Å². The molecule has 2 unspecified atom stereocenters. The number of halogens is 2. The number of hydrogen-bond donors (Lipinski definition) is 0. The van der Waals surface area contributed by atoms with Crippen LogP contribution in [0, 0.1) is 29.4 Å². The molecule has 156 valence electrons. The van der Waals surface area contributed by atoms with Crippen LogP contribution in [0.4, 0.5) is 8.78 Å². The topological polar surface area (TPSA) is 9.23 Å². The average molecular weight is 399 g/mol. The fourth-order valence-electron chi connectivity index (χ4n) is 5.60. The summed E-state index contributed by atoms with van der Waals surface area (Å²) in [6.07, 6.45) is 12.7. The molecule has 0 aromatic heterocycles. The Morgan fingerprint density at radius 2 is 1.83 bits per heavy atom. The fraction of sp³-hybridized carbons (Fsp3) is 0.538. The molecule has 29 heavy (non-hydrogen) atoms. The van der Waals surface area contributed by atoms with Gasteiger partial charge in [0.25, 0.3) is 0 Å². The summed E-state index contributed by atoms with van der Waals surface area (Å²) in [7, 11) is 0. The van der Waals surface area contributed by atoms with Gasteiger partial charge in [-0.05, 0) is 79.7 Å². The van der Waals surface area contributed by atoms with Crippen molar-refractivity contribution in [3.63, 3.8) is 0 Å². The van der Waals surface area contributed by atoms with Crippen LogP contribution in [0.25, 0.3) is 10.8 Å². The molecule has 1 nitrogen and oxygen atoms in total. The van der Waals surface area contributed by atoms with E-state index in [2.05, 4.69) is 6.92 Å². The quantitative estimate of drug-likeness (QED) is 0.467. The summed E-state index contributed by atoms with van der Waals surface area (Å²) < 4.78 is 34.6. The van der Waals surface area contributed by atoms with Gasteiger partial charge in [0.1, 0.15) is 6.61 Å². The van der Waals surface area contributed by atoms with Crippen molar-refractivity contribution in [1.29, 1.82) is 0 Å². The van der Waals surface area contributed by atoms with E-state index < -0.39 is 11.6 Å². The van der Waals surface area contributed by atoms with Crippen LogP contribution in [0.15, 0.2) is 36.4 Å². The molecule has 2 aromatic rings. The summed E-state index contributed by atoms with van der Waals surface area (Å²) in [5.41, 5.74) is 1.23. The van der Waals surface area contributed by atoms with Crippen molar-refractivity contribution in [1.82, 2.24) is 0 Å². The van der Waals surface area contributed by atoms with Crippen molar-refractivity contribution in [2.45, 2.75) is 64.7 Å². The Kier molecular flexibility index (Phi) is 6.22. The van der Waals surface area contributed by atoms with E-state index in [-0.39, 0.29) is 12.4 Å². The van der Waals surface area contributed by atoms with E-state index in [4.69, 9.17) is 4.74 Å². The maximum Gasteiger partial charge on any atom is 0.191 e. The molecule has 2 fully saturated rings. The highest BCUT2D eigenvalue weighted by atomic mass is 19.1. The van der Waals surface area contributed by atoms with Gasteiger partial charge in [0.15, 0.2) is 17.4 Å². The lowest BCUT2D eigenvalue weighted by atomic mass is 9.63. The third kappa shape index (κ3) is 4.20. The van der Waals surface area contributed by atoms with Crippen molar-refractivity contribution in [2.24, 2.45) is 17.8 Å². The lowest BCUT2D eigenvalue weighted by Gasteiger charge is -2.42. The molecule has 0 N–H and O–H groups in total. The first kappa shape index (κ1) is 20.4. The predicted molar refractivity (Wildman–Crippen MR) is 115 cm³/mol. The summed E-state index contributed by atoms with van der Waals surface area (Å²) in [4.78, 5) is 0. The van der Waals surface area contributed by atoms with Gasteiger partial charge in [-0.25, -0.2) is 8.78 Å². The molecule has 0 amide bonds. The van der Waals surface area contributed by atoms with Gasteiger partial charge < -0.3 is 4.74 Å². The van der Waals surface area contributed by atoms with Gasteiger partial charge in [0, 0.05) is 5.39 Å². The molecule has 2 aliphatic rings. The minimum absolute atomic E-state index is 0.164. The van der Waals surface area contributed by atoms with Gasteiger partial charge in [-0.3, -0.25) is 0 Å². The Hall–Kier alpha value is -1.90. The van der Waals surface area contributed by atoms with E-state index in [0.717, 1.165) is 17.8 Å². The second-order valence-corrected chi connectivity index (χ2v) is 8.98. The standard InChI is InChI=1S/C26H32F2O/c1-3-5-12-29-26-24(27)16-22-15-21(10-11-23(22)25(26)28)20-9-8-18-13-17(4-2)6-7-19(18)14-20/h3,5,10-11,15-20H,4,6-9,12-14H2,1-2H3/b5-3+/t17?,18-,19?,20-/m1/s1. The smallest absolute Gasteiger partial charge is 0.191 e. The number of fused-ring (bicyclic) bond motifs is 2. The third-order valence-corrected chi connectivity index (χ3v) is 7.34. The predicted octanol–water partition coefficient (Wildman–Crippen LogP) is 7.78. The molecule has 4 atom stereocenters. The van der Waals surface area contributed by atoms with Crippen LogP contribution in [0.1, 0.15) is 70.3 Å². The fourth-order valence-corrected chi connectivity index (χ4v) is 5.60. The highest BCUT2D eigenvalue weighted by Crippen LogP contribution is 2.48. The second kappa shape index (κ2) is 8.85. The third-order valence-electron chi connectivity index (χ3n) is 7.34. The van der Waals surface area contributed by atoms with Crippen LogP contribution in [0.2, 0.25) is 0 Å². The highest BCUT2D eigenvalue weighted by molar-refractivity contribution is 5.85. The van der Waals surface area contributed by atoms with E-state index in [1.165, 1.54) is 56.6 Å². The zero-order valence-corrected chi connectivity index (χ0v) is 17.6. The monoisotopic (exact) mass is 398 g/mol. The molecule has 2 aliphatic carbocycles. The van der Waals surface area contributed by atoms with E-state index in [1.807, 2.05) is 25.1 Å². The maximum atomic E-state index is 14.8. The molecule has 0 heterocycles. The van der Waals surface area contributed by atoms with Gasteiger partial charge in [-0.2, -0.15) is 0 Å². The van der Waals surface area contributed by atoms with Gasteiger partial charge in [0.05, 0.1) is 0 Å². The number of hydrogen-bond acceptors (Lipinski definition) is 1. The number of rotatable bonds is 5. The molecule has 3 heteroatoms. The first-order valence-corrected chi connectivity index (χ1v) is 11.3. The lowest BCUT2D eigenvalue weighted by Crippen LogP contribution is -2.30. The molecule has 0 bridgehead atoms. The Morgan fingerprint density at radius 3 is 2.62 bits per heavy atom. The second-order valence-electron chi connectivity index (χ2n) is 8.98. The summed E-state index contributed by atoms with van der Waals surface area (Å²) in [6.45, 7) is 4.33. The number of allylic oxidation sites excluding steroid dienone is 1. The molecule has 0 aliphatic heterocycles. The Morgan fingerprint density at radius 1 is 1.03 bits per heavy atom. The molecular formula is C26H32F2O. The van der Waals surface area contributed by atoms with Crippen molar-refractivity contribution in [2.75, 3.05) is 6.61 Å². The number of benzene rings is 2. The average Bonchev–Trinajstić information content (AvgIpc) is 2.75. The maximum absolute atomic E-state index is 14.8. The first-order valence-electron chi connectivity index (χ1n) is 11.3. The van der Waals surface area contributed by atoms with Crippen LogP contribution in [0.5, 0.6) is 5.75 Å². The van der Waals surface area contributed by atoms with Gasteiger partial charge in [-0.15, -0.1) is 0 Å². The Labute approximate surface area is 173 Å². The summed E-state index contributed by atoms with van der Waals surface area (Å²) in [6, 6.07) is 7.27. The van der Waals surface area contributed by atoms with Crippen LogP contribution >= 0.6 is 0 Å². The molecule has 4 rings (SSSR count).